The first-order valence-corrected chi connectivity index (χ1v) is 12.1. The molecule has 1 heterocycles. The average molecular weight is 516 g/mol. The number of aromatic amines is 1. The molecule has 0 saturated carbocycles. The van der Waals surface area contributed by atoms with Gasteiger partial charge in [-0.2, -0.15) is 0 Å². The minimum Gasteiger partial charge on any atom is -0.506 e. The third-order valence-corrected chi connectivity index (χ3v) is 6.04. The number of amides is 3. The van der Waals surface area contributed by atoms with E-state index in [-0.39, 0.29) is 30.4 Å². The van der Waals surface area contributed by atoms with Gasteiger partial charge in [0.25, 0.3) is 0 Å². The lowest BCUT2D eigenvalue weighted by atomic mass is 10.0. The first-order chi connectivity index (χ1) is 18.3. The summed E-state index contributed by atoms with van der Waals surface area (Å²) < 4.78 is 0. The van der Waals surface area contributed by atoms with Crippen molar-refractivity contribution in [1.29, 1.82) is 0 Å². The highest BCUT2D eigenvalue weighted by Gasteiger charge is 2.14. The number of aliphatic hydroxyl groups excluding tert-OH is 1. The predicted octanol–water partition coefficient (Wildman–Crippen LogP) is 2.52. The number of phenolic OH excluding ortho intramolecular Hbond substituents is 1. The van der Waals surface area contributed by atoms with Gasteiger partial charge < -0.3 is 36.9 Å². The zero-order valence-electron chi connectivity index (χ0n) is 20.5. The number of phenols is 1. The molecule has 0 fully saturated rings. The molecular formula is C28H29N5O5. The monoisotopic (exact) mass is 515 g/mol. The molecular weight excluding hydrogens is 486 g/mol. The SMILES string of the molecule is NC(=O)c1cccc(CNC(=O)Nc2cccc(CCNCC(O)c3ccc(O)c4[nH]c(=O)ccc34)c2)c1. The van der Waals surface area contributed by atoms with Crippen LogP contribution in [-0.4, -0.2) is 40.2 Å². The standard InChI is InChI=1S/C28H29N5O5/c29-27(37)19-5-1-4-18(13-19)15-31-28(38)32-20-6-2-3-17(14-20)11-12-30-16-24(35)21-7-9-23(34)26-22(21)8-10-25(36)33-26/h1-10,13-14,24,30,34-35H,11-12,15-16H2,(H2,29,37)(H,33,36)(H2,31,32,38). The van der Waals surface area contributed by atoms with Crippen molar-refractivity contribution in [2.75, 3.05) is 18.4 Å². The Kier molecular flexibility index (Phi) is 8.37. The Labute approximate surface area is 218 Å². The van der Waals surface area contributed by atoms with E-state index in [0.29, 0.717) is 40.7 Å². The van der Waals surface area contributed by atoms with E-state index in [4.69, 9.17) is 5.73 Å². The number of aliphatic hydroxyl groups is 1. The Balaban J connectivity index is 1.26. The van der Waals surface area contributed by atoms with Crippen molar-refractivity contribution >= 4 is 28.5 Å². The average Bonchev–Trinajstić information content (AvgIpc) is 2.90. The van der Waals surface area contributed by atoms with Crippen LogP contribution in [0.1, 0.15) is 33.2 Å². The van der Waals surface area contributed by atoms with Crippen LogP contribution in [0.2, 0.25) is 0 Å². The van der Waals surface area contributed by atoms with Crippen molar-refractivity contribution in [2.24, 2.45) is 5.73 Å². The Morgan fingerprint density at radius 3 is 2.58 bits per heavy atom. The molecule has 0 saturated heterocycles. The summed E-state index contributed by atoms with van der Waals surface area (Å²) in [6, 6.07) is 19.8. The zero-order chi connectivity index (χ0) is 27.1. The number of aromatic hydroxyl groups is 1. The summed E-state index contributed by atoms with van der Waals surface area (Å²) in [6.45, 7) is 1.09. The molecule has 3 amide bonds. The number of hydrogen-bond acceptors (Lipinski definition) is 6. The normalized spacial score (nSPS) is 11.7. The van der Waals surface area contributed by atoms with Crippen LogP contribution >= 0.6 is 0 Å². The van der Waals surface area contributed by atoms with Crippen LogP contribution in [0.15, 0.2) is 77.6 Å². The van der Waals surface area contributed by atoms with Crippen LogP contribution < -0.4 is 27.2 Å². The summed E-state index contributed by atoms with van der Waals surface area (Å²) in [5, 5.41) is 30.0. The Bertz CT molecular complexity index is 1520. The van der Waals surface area contributed by atoms with Gasteiger partial charge >= 0.3 is 6.03 Å². The fraction of sp³-hybridized carbons (Fsp3) is 0.179. The van der Waals surface area contributed by atoms with Gasteiger partial charge in [-0.1, -0.05) is 30.3 Å². The highest BCUT2D eigenvalue weighted by molar-refractivity contribution is 5.93. The maximum atomic E-state index is 12.3. The summed E-state index contributed by atoms with van der Waals surface area (Å²) in [5.74, 6) is -0.579. The number of H-pyrrole nitrogens is 1. The van der Waals surface area contributed by atoms with Crippen molar-refractivity contribution in [3.8, 4) is 5.75 Å². The first kappa shape index (κ1) is 26.4. The van der Waals surface area contributed by atoms with Gasteiger partial charge in [-0.25, -0.2) is 4.79 Å². The van der Waals surface area contributed by atoms with E-state index in [9.17, 15) is 24.6 Å². The number of nitrogens with two attached hydrogens (primary N) is 1. The summed E-state index contributed by atoms with van der Waals surface area (Å²) in [7, 11) is 0. The van der Waals surface area contributed by atoms with Crippen LogP contribution in [-0.2, 0) is 13.0 Å². The summed E-state index contributed by atoms with van der Waals surface area (Å²) in [6.07, 6.45) is -0.183. The molecule has 0 aliphatic carbocycles. The number of nitrogens with one attached hydrogen (secondary N) is 4. The molecule has 8 N–H and O–H groups in total. The van der Waals surface area contributed by atoms with Gasteiger partial charge in [0.05, 0.1) is 11.6 Å². The molecule has 0 bridgehead atoms. The number of hydrogen-bond donors (Lipinski definition) is 7. The third-order valence-electron chi connectivity index (χ3n) is 6.04. The molecule has 1 aromatic heterocycles. The van der Waals surface area contributed by atoms with Crippen LogP contribution in [0.5, 0.6) is 5.75 Å². The molecule has 38 heavy (non-hydrogen) atoms. The molecule has 0 aliphatic heterocycles. The van der Waals surface area contributed by atoms with Gasteiger partial charge in [0.1, 0.15) is 5.75 Å². The van der Waals surface area contributed by atoms with Crippen LogP contribution in [0, 0.1) is 0 Å². The van der Waals surface area contributed by atoms with Crippen molar-refractivity contribution in [2.45, 2.75) is 19.1 Å². The van der Waals surface area contributed by atoms with Crippen molar-refractivity contribution in [1.82, 2.24) is 15.6 Å². The number of pyridine rings is 1. The summed E-state index contributed by atoms with van der Waals surface area (Å²) >= 11 is 0. The largest absolute Gasteiger partial charge is 0.506 e. The van der Waals surface area contributed by atoms with Crippen LogP contribution in [0.25, 0.3) is 10.9 Å². The molecule has 0 spiro atoms. The molecule has 10 nitrogen and oxygen atoms in total. The van der Waals surface area contributed by atoms with Gasteiger partial charge in [-0.05, 0) is 66.1 Å². The van der Waals surface area contributed by atoms with E-state index in [1.807, 2.05) is 18.2 Å². The van der Waals surface area contributed by atoms with Gasteiger partial charge in [0.2, 0.25) is 11.5 Å². The predicted molar refractivity (Wildman–Crippen MR) is 145 cm³/mol. The fourth-order valence-corrected chi connectivity index (χ4v) is 4.13. The minimum atomic E-state index is -0.843. The number of aromatic nitrogens is 1. The number of carbonyl (C=O) groups is 2. The van der Waals surface area contributed by atoms with E-state index in [1.54, 1.807) is 42.5 Å². The quantitative estimate of drug-likeness (QED) is 0.160. The van der Waals surface area contributed by atoms with E-state index in [0.717, 1.165) is 11.1 Å². The Morgan fingerprint density at radius 1 is 0.974 bits per heavy atom. The molecule has 196 valence electrons. The van der Waals surface area contributed by atoms with Crippen molar-refractivity contribution in [3.05, 3.63) is 105 Å². The van der Waals surface area contributed by atoms with Crippen molar-refractivity contribution in [3.63, 3.8) is 0 Å². The maximum absolute atomic E-state index is 12.3. The summed E-state index contributed by atoms with van der Waals surface area (Å²) in [4.78, 5) is 37.8. The number of urea groups is 1. The lowest BCUT2D eigenvalue weighted by Gasteiger charge is -2.15. The number of anilines is 1. The molecule has 0 radical (unpaired) electrons. The van der Waals surface area contributed by atoms with Gasteiger partial charge in [-0.3, -0.25) is 9.59 Å². The van der Waals surface area contributed by atoms with Crippen molar-refractivity contribution < 1.29 is 19.8 Å². The Morgan fingerprint density at radius 2 is 1.76 bits per heavy atom. The molecule has 0 aliphatic rings. The van der Waals surface area contributed by atoms with Gasteiger partial charge in [0.15, 0.2) is 0 Å². The second-order valence-electron chi connectivity index (χ2n) is 8.83. The topological polar surface area (TPSA) is 170 Å². The lowest BCUT2D eigenvalue weighted by molar-refractivity contribution is 0.1000. The fourth-order valence-electron chi connectivity index (χ4n) is 4.13. The highest BCUT2D eigenvalue weighted by Crippen LogP contribution is 2.28. The lowest BCUT2D eigenvalue weighted by Crippen LogP contribution is -2.28. The van der Waals surface area contributed by atoms with E-state index in [2.05, 4.69) is 20.9 Å². The smallest absolute Gasteiger partial charge is 0.319 e. The zero-order valence-corrected chi connectivity index (χ0v) is 20.5. The molecule has 4 rings (SSSR count). The molecule has 4 aromatic rings. The number of carbonyl (C=O) groups excluding carboxylic acids is 2. The Hall–Kier alpha value is -4.67. The number of primary amides is 1. The van der Waals surface area contributed by atoms with E-state index < -0.39 is 12.0 Å². The second-order valence-corrected chi connectivity index (χ2v) is 8.83. The number of rotatable bonds is 10. The number of fused-ring (bicyclic) bond motifs is 1. The second kappa shape index (κ2) is 12.0. The van der Waals surface area contributed by atoms with Gasteiger partial charge in [-0.15, -0.1) is 0 Å². The molecule has 1 atom stereocenters. The highest BCUT2D eigenvalue weighted by atomic mass is 16.3. The first-order valence-electron chi connectivity index (χ1n) is 12.1. The number of benzene rings is 3. The van der Waals surface area contributed by atoms with Crippen LogP contribution in [0.4, 0.5) is 10.5 Å². The van der Waals surface area contributed by atoms with Gasteiger partial charge in [0, 0.05) is 35.8 Å². The van der Waals surface area contributed by atoms with Crippen LogP contribution in [0.3, 0.4) is 0 Å². The molecule has 1 unspecified atom stereocenters. The molecule has 10 heteroatoms. The minimum absolute atomic E-state index is 0.0546. The van der Waals surface area contributed by atoms with E-state index >= 15 is 0 Å². The third kappa shape index (κ3) is 6.75. The molecule has 3 aromatic carbocycles. The maximum Gasteiger partial charge on any atom is 0.319 e. The van der Waals surface area contributed by atoms with E-state index in [1.165, 1.54) is 12.1 Å². The summed E-state index contributed by atoms with van der Waals surface area (Å²) in [5.41, 5.74) is 8.62.